The van der Waals surface area contributed by atoms with Gasteiger partial charge in [-0.05, 0) is 37.1 Å². The number of ether oxygens (including phenoxy) is 2. The highest BCUT2D eigenvalue weighted by Gasteiger charge is 2.06. The zero-order valence-corrected chi connectivity index (χ0v) is 11.1. The Balaban J connectivity index is 3.06. The highest BCUT2D eigenvalue weighted by molar-refractivity contribution is 5.64. The largest absolute Gasteiger partial charge is 0.490 e. The minimum absolute atomic E-state index is 0.0599. The van der Waals surface area contributed by atoms with Gasteiger partial charge in [-0.25, -0.2) is 0 Å². The van der Waals surface area contributed by atoms with E-state index in [4.69, 9.17) is 20.0 Å². The third kappa shape index (κ3) is 4.37. The molecule has 19 heavy (non-hydrogen) atoms. The molecule has 0 amide bonds. The van der Waals surface area contributed by atoms with Crippen molar-refractivity contribution in [3.8, 4) is 23.6 Å². The van der Waals surface area contributed by atoms with Crippen molar-refractivity contribution < 1.29 is 9.47 Å². The summed E-state index contributed by atoms with van der Waals surface area (Å²) in [5, 5.41) is 17.5. The van der Waals surface area contributed by atoms with Gasteiger partial charge >= 0.3 is 0 Å². The normalized spacial score (nSPS) is 9.05. The number of rotatable bonds is 6. The number of hydrogen-bond donors (Lipinski definition) is 0. The van der Waals surface area contributed by atoms with Gasteiger partial charge in [0.2, 0.25) is 0 Å². The van der Waals surface area contributed by atoms with Gasteiger partial charge < -0.3 is 9.47 Å². The molecule has 0 fully saturated rings. The summed E-state index contributed by atoms with van der Waals surface area (Å²) in [6, 6.07) is 9.01. The van der Waals surface area contributed by atoms with Crippen molar-refractivity contribution >= 4 is 6.08 Å². The fourth-order valence-electron chi connectivity index (χ4n) is 1.47. The molecule has 0 heterocycles. The average molecular weight is 256 g/mol. The lowest BCUT2D eigenvalue weighted by Gasteiger charge is -2.11. The Bertz CT molecular complexity index is 520. The molecule has 4 nitrogen and oxygen atoms in total. The summed E-state index contributed by atoms with van der Waals surface area (Å²) >= 11 is 0. The Hall–Kier alpha value is -2.46. The van der Waals surface area contributed by atoms with E-state index in [2.05, 4.69) is 0 Å². The maximum absolute atomic E-state index is 8.73. The molecule has 0 aliphatic heterocycles. The van der Waals surface area contributed by atoms with E-state index in [1.54, 1.807) is 18.2 Å². The minimum atomic E-state index is 0.0599. The van der Waals surface area contributed by atoms with Crippen LogP contribution in [0.3, 0.4) is 0 Å². The average Bonchev–Trinajstić information content (AvgIpc) is 2.44. The Morgan fingerprint density at radius 3 is 2.47 bits per heavy atom. The standard InChI is InChI=1S/C15H16N2O2/c1-3-7-19-14-6-5-12(8-13(10-16)11-17)9-15(14)18-4-2/h5-6,8-9H,3-4,7H2,1-2H3. The molecule has 0 aromatic heterocycles. The van der Waals surface area contributed by atoms with E-state index in [-0.39, 0.29) is 5.57 Å². The molecule has 1 aromatic rings. The zero-order valence-electron chi connectivity index (χ0n) is 11.1. The maximum Gasteiger partial charge on any atom is 0.161 e. The number of allylic oxidation sites excluding steroid dienone is 1. The molecule has 0 spiro atoms. The van der Waals surface area contributed by atoms with Gasteiger partial charge in [-0.3, -0.25) is 0 Å². The van der Waals surface area contributed by atoms with E-state index < -0.39 is 0 Å². The van der Waals surface area contributed by atoms with E-state index in [0.717, 1.165) is 12.0 Å². The van der Waals surface area contributed by atoms with Crippen molar-refractivity contribution in [2.45, 2.75) is 20.3 Å². The van der Waals surface area contributed by atoms with Crippen LogP contribution in [0, 0.1) is 22.7 Å². The molecule has 0 bridgehead atoms. The molecule has 0 unspecified atom stereocenters. The summed E-state index contributed by atoms with van der Waals surface area (Å²) in [6.45, 7) is 5.07. The van der Waals surface area contributed by atoms with Crippen LogP contribution in [0.25, 0.3) is 6.08 Å². The van der Waals surface area contributed by atoms with Crippen molar-refractivity contribution in [2.24, 2.45) is 0 Å². The molecule has 1 rings (SSSR count). The lowest BCUT2D eigenvalue weighted by atomic mass is 10.1. The third-order valence-corrected chi connectivity index (χ3v) is 2.28. The molecule has 0 aliphatic carbocycles. The monoisotopic (exact) mass is 256 g/mol. The second kappa shape index (κ2) is 7.79. The molecule has 0 saturated heterocycles. The highest BCUT2D eigenvalue weighted by atomic mass is 16.5. The predicted octanol–water partition coefficient (Wildman–Crippen LogP) is 3.30. The quantitative estimate of drug-likeness (QED) is 0.732. The number of hydrogen-bond acceptors (Lipinski definition) is 4. The fourth-order valence-corrected chi connectivity index (χ4v) is 1.47. The van der Waals surface area contributed by atoms with Gasteiger partial charge in [0.25, 0.3) is 0 Å². The van der Waals surface area contributed by atoms with Crippen LogP contribution in [-0.2, 0) is 0 Å². The highest BCUT2D eigenvalue weighted by Crippen LogP contribution is 2.29. The Morgan fingerprint density at radius 2 is 1.89 bits per heavy atom. The van der Waals surface area contributed by atoms with Gasteiger partial charge in [0, 0.05) is 0 Å². The SMILES string of the molecule is CCCOc1ccc(C=C(C#N)C#N)cc1OCC. The Labute approximate surface area is 113 Å². The van der Waals surface area contributed by atoms with E-state index in [9.17, 15) is 0 Å². The molecule has 0 saturated carbocycles. The van der Waals surface area contributed by atoms with E-state index >= 15 is 0 Å². The van der Waals surface area contributed by atoms with Crippen LogP contribution in [0.2, 0.25) is 0 Å². The number of benzene rings is 1. The second-order valence-electron chi connectivity index (χ2n) is 3.77. The van der Waals surface area contributed by atoms with Gasteiger partial charge in [-0.2, -0.15) is 10.5 Å². The summed E-state index contributed by atoms with van der Waals surface area (Å²) in [4.78, 5) is 0. The zero-order chi connectivity index (χ0) is 14.1. The lowest BCUT2D eigenvalue weighted by Crippen LogP contribution is -2.00. The Morgan fingerprint density at radius 1 is 1.16 bits per heavy atom. The topological polar surface area (TPSA) is 66.0 Å². The molecular formula is C15H16N2O2. The van der Waals surface area contributed by atoms with Gasteiger partial charge in [0.15, 0.2) is 11.5 Å². The summed E-state index contributed by atoms with van der Waals surface area (Å²) in [5.74, 6) is 1.30. The number of nitriles is 2. The number of nitrogens with zero attached hydrogens (tertiary/aromatic N) is 2. The van der Waals surface area contributed by atoms with Crippen molar-refractivity contribution in [1.82, 2.24) is 0 Å². The fraction of sp³-hybridized carbons (Fsp3) is 0.333. The first kappa shape index (κ1) is 14.6. The first-order chi connectivity index (χ1) is 9.24. The first-order valence-corrected chi connectivity index (χ1v) is 6.16. The van der Waals surface area contributed by atoms with Crippen LogP contribution in [0.4, 0.5) is 0 Å². The van der Waals surface area contributed by atoms with Gasteiger partial charge in [-0.15, -0.1) is 0 Å². The summed E-state index contributed by atoms with van der Waals surface area (Å²) < 4.78 is 11.1. The van der Waals surface area contributed by atoms with Crippen LogP contribution in [0.15, 0.2) is 23.8 Å². The van der Waals surface area contributed by atoms with Gasteiger partial charge in [0.1, 0.15) is 17.7 Å². The molecule has 1 aromatic carbocycles. The van der Waals surface area contributed by atoms with Crippen molar-refractivity contribution in [3.05, 3.63) is 29.3 Å². The van der Waals surface area contributed by atoms with Crippen molar-refractivity contribution in [3.63, 3.8) is 0 Å². The summed E-state index contributed by atoms with van der Waals surface area (Å²) in [6.07, 6.45) is 2.44. The maximum atomic E-state index is 8.73. The van der Waals surface area contributed by atoms with Crippen LogP contribution in [0.5, 0.6) is 11.5 Å². The van der Waals surface area contributed by atoms with Crippen LogP contribution < -0.4 is 9.47 Å². The molecule has 98 valence electrons. The van der Waals surface area contributed by atoms with Gasteiger partial charge in [-0.1, -0.05) is 13.0 Å². The lowest BCUT2D eigenvalue weighted by molar-refractivity contribution is 0.277. The first-order valence-electron chi connectivity index (χ1n) is 6.16. The van der Waals surface area contributed by atoms with Crippen molar-refractivity contribution in [1.29, 1.82) is 10.5 Å². The van der Waals surface area contributed by atoms with Crippen LogP contribution in [0.1, 0.15) is 25.8 Å². The molecule has 0 aliphatic rings. The van der Waals surface area contributed by atoms with E-state index in [1.807, 2.05) is 26.0 Å². The molecule has 4 heteroatoms. The molecule has 0 N–H and O–H groups in total. The summed E-state index contributed by atoms with van der Waals surface area (Å²) in [5.41, 5.74) is 0.801. The van der Waals surface area contributed by atoms with Crippen molar-refractivity contribution in [2.75, 3.05) is 13.2 Å². The summed E-state index contributed by atoms with van der Waals surface area (Å²) in [7, 11) is 0. The van der Waals surface area contributed by atoms with Crippen LogP contribution >= 0.6 is 0 Å². The third-order valence-electron chi connectivity index (χ3n) is 2.28. The molecule has 0 radical (unpaired) electrons. The van der Waals surface area contributed by atoms with E-state index in [0.29, 0.717) is 24.7 Å². The molecular weight excluding hydrogens is 240 g/mol. The predicted molar refractivity (Wildman–Crippen MR) is 72.6 cm³/mol. The van der Waals surface area contributed by atoms with E-state index in [1.165, 1.54) is 6.08 Å². The second-order valence-corrected chi connectivity index (χ2v) is 3.77. The smallest absolute Gasteiger partial charge is 0.161 e. The van der Waals surface area contributed by atoms with Crippen LogP contribution in [-0.4, -0.2) is 13.2 Å². The van der Waals surface area contributed by atoms with Gasteiger partial charge in [0.05, 0.1) is 13.2 Å². The minimum Gasteiger partial charge on any atom is -0.490 e. The molecule has 0 atom stereocenters. The Kier molecular flexibility index (Phi) is 5.98.